The minimum absolute atomic E-state index is 0.0349. The van der Waals surface area contributed by atoms with Crippen LogP contribution < -0.4 is 0 Å². The molecule has 0 spiro atoms. The van der Waals surface area contributed by atoms with Crippen LogP contribution in [0.4, 0.5) is 0 Å². The van der Waals surface area contributed by atoms with Gasteiger partial charge in [-0.3, -0.25) is 4.79 Å². The van der Waals surface area contributed by atoms with Crippen molar-refractivity contribution in [2.45, 2.75) is 19.6 Å². The third-order valence-electron chi connectivity index (χ3n) is 1.58. The summed E-state index contributed by atoms with van der Waals surface area (Å²) >= 11 is 1.64. The minimum atomic E-state index is -0.0548. The molecular formula is C9H13NO2S. The Morgan fingerprint density at radius 3 is 2.92 bits per heavy atom. The standard InChI is InChI=1S/C9H13NO2S/c1-6(2)8(11)9-10-4-7(12-9)5-13-3/h4,6H,5H2,1-3H3. The fourth-order valence-electron chi connectivity index (χ4n) is 0.877. The van der Waals surface area contributed by atoms with E-state index in [1.807, 2.05) is 20.1 Å². The predicted octanol–water partition coefficient (Wildman–Crippen LogP) is 2.38. The molecule has 0 unspecified atom stereocenters. The molecule has 3 nitrogen and oxygen atoms in total. The van der Waals surface area contributed by atoms with Crippen LogP contribution in [0.25, 0.3) is 0 Å². The van der Waals surface area contributed by atoms with Crippen molar-refractivity contribution in [1.82, 2.24) is 4.98 Å². The highest BCUT2D eigenvalue weighted by Crippen LogP contribution is 2.13. The van der Waals surface area contributed by atoms with E-state index in [1.165, 1.54) is 0 Å². The van der Waals surface area contributed by atoms with Gasteiger partial charge in [-0.1, -0.05) is 13.8 Å². The topological polar surface area (TPSA) is 43.1 Å². The number of oxazole rings is 1. The lowest BCUT2D eigenvalue weighted by atomic mass is 10.1. The Morgan fingerprint density at radius 2 is 2.38 bits per heavy atom. The van der Waals surface area contributed by atoms with Crippen LogP contribution in [0.2, 0.25) is 0 Å². The molecule has 4 heteroatoms. The zero-order valence-electron chi connectivity index (χ0n) is 8.03. The number of rotatable bonds is 4. The highest BCUT2D eigenvalue weighted by molar-refractivity contribution is 7.97. The molecule has 0 aliphatic rings. The lowest BCUT2D eigenvalue weighted by Crippen LogP contribution is -2.07. The van der Waals surface area contributed by atoms with Crippen molar-refractivity contribution in [2.75, 3.05) is 6.26 Å². The second kappa shape index (κ2) is 4.46. The van der Waals surface area contributed by atoms with Gasteiger partial charge in [0.25, 0.3) is 5.89 Å². The molecule has 1 heterocycles. The molecule has 1 rings (SSSR count). The first-order chi connectivity index (χ1) is 6.15. The number of hydrogen-bond acceptors (Lipinski definition) is 4. The van der Waals surface area contributed by atoms with E-state index in [0.29, 0.717) is 0 Å². The van der Waals surface area contributed by atoms with E-state index < -0.39 is 0 Å². The fourth-order valence-corrected chi connectivity index (χ4v) is 1.30. The summed E-state index contributed by atoms with van der Waals surface area (Å²) in [6.07, 6.45) is 3.60. The lowest BCUT2D eigenvalue weighted by Gasteiger charge is -1.97. The first-order valence-corrected chi connectivity index (χ1v) is 5.52. The zero-order valence-corrected chi connectivity index (χ0v) is 8.85. The SMILES string of the molecule is CSCc1cnc(C(=O)C(C)C)o1. The molecule has 0 N–H and O–H groups in total. The van der Waals surface area contributed by atoms with Crippen LogP contribution in [0.1, 0.15) is 30.3 Å². The highest BCUT2D eigenvalue weighted by Gasteiger charge is 2.16. The Bertz CT molecular complexity index is 294. The van der Waals surface area contributed by atoms with E-state index in [0.717, 1.165) is 11.5 Å². The van der Waals surface area contributed by atoms with Gasteiger partial charge < -0.3 is 4.42 Å². The molecule has 1 aromatic rings. The van der Waals surface area contributed by atoms with Gasteiger partial charge in [0.15, 0.2) is 0 Å². The van der Waals surface area contributed by atoms with Crippen molar-refractivity contribution in [3.8, 4) is 0 Å². The summed E-state index contributed by atoms with van der Waals surface area (Å²) in [6, 6.07) is 0. The molecule has 0 saturated heterocycles. The summed E-state index contributed by atoms with van der Waals surface area (Å²) in [5, 5.41) is 0. The number of aromatic nitrogens is 1. The molecule has 13 heavy (non-hydrogen) atoms. The van der Waals surface area contributed by atoms with E-state index in [4.69, 9.17) is 4.42 Å². The van der Waals surface area contributed by atoms with Gasteiger partial charge in [-0.2, -0.15) is 11.8 Å². The largest absolute Gasteiger partial charge is 0.438 e. The third kappa shape index (κ3) is 2.59. The van der Waals surface area contributed by atoms with Crippen LogP contribution in [0.3, 0.4) is 0 Å². The van der Waals surface area contributed by atoms with Crippen LogP contribution in [0, 0.1) is 5.92 Å². The van der Waals surface area contributed by atoms with E-state index in [1.54, 1.807) is 18.0 Å². The maximum absolute atomic E-state index is 11.4. The second-order valence-electron chi connectivity index (χ2n) is 3.08. The first-order valence-electron chi connectivity index (χ1n) is 4.13. The smallest absolute Gasteiger partial charge is 0.263 e. The van der Waals surface area contributed by atoms with E-state index in [9.17, 15) is 4.79 Å². The molecule has 0 aromatic carbocycles. The summed E-state index contributed by atoms with van der Waals surface area (Å²) in [5.41, 5.74) is 0. The van der Waals surface area contributed by atoms with Crippen LogP contribution in [0.5, 0.6) is 0 Å². The number of Topliss-reactive ketones (excluding diaryl/α,β-unsaturated/α-hetero) is 1. The maximum atomic E-state index is 11.4. The van der Waals surface area contributed by atoms with Crippen molar-refractivity contribution in [3.63, 3.8) is 0 Å². The van der Waals surface area contributed by atoms with Crippen molar-refractivity contribution in [2.24, 2.45) is 5.92 Å². The zero-order chi connectivity index (χ0) is 9.84. The van der Waals surface area contributed by atoms with E-state index in [-0.39, 0.29) is 17.6 Å². The van der Waals surface area contributed by atoms with Crippen molar-refractivity contribution >= 4 is 17.5 Å². The van der Waals surface area contributed by atoms with E-state index >= 15 is 0 Å². The Balaban J connectivity index is 2.73. The van der Waals surface area contributed by atoms with Crippen LogP contribution in [-0.4, -0.2) is 17.0 Å². The van der Waals surface area contributed by atoms with Crippen molar-refractivity contribution in [1.29, 1.82) is 0 Å². The molecule has 72 valence electrons. The van der Waals surface area contributed by atoms with Crippen LogP contribution in [0.15, 0.2) is 10.6 Å². The summed E-state index contributed by atoms with van der Waals surface area (Å²) < 4.78 is 5.27. The first kappa shape index (κ1) is 10.3. The number of ketones is 1. The van der Waals surface area contributed by atoms with Crippen molar-refractivity contribution in [3.05, 3.63) is 17.8 Å². The fraction of sp³-hybridized carbons (Fsp3) is 0.556. The molecule has 0 aliphatic carbocycles. The second-order valence-corrected chi connectivity index (χ2v) is 3.95. The summed E-state index contributed by atoms with van der Waals surface area (Å²) in [7, 11) is 0. The summed E-state index contributed by atoms with van der Waals surface area (Å²) in [4.78, 5) is 15.3. The summed E-state index contributed by atoms with van der Waals surface area (Å²) in [5.74, 6) is 1.67. The molecule has 0 atom stereocenters. The Hall–Kier alpha value is -0.770. The number of carbonyl (C=O) groups is 1. The molecule has 0 aliphatic heterocycles. The maximum Gasteiger partial charge on any atom is 0.263 e. The average molecular weight is 199 g/mol. The predicted molar refractivity (Wildman–Crippen MR) is 52.9 cm³/mol. The molecule has 0 radical (unpaired) electrons. The summed E-state index contributed by atoms with van der Waals surface area (Å²) in [6.45, 7) is 3.67. The lowest BCUT2D eigenvalue weighted by molar-refractivity contribution is 0.0903. The third-order valence-corrected chi connectivity index (χ3v) is 2.15. The highest BCUT2D eigenvalue weighted by atomic mass is 32.2. The quantitative estimate of drug-likeness (QED) is 0.698. The van der Waals surface area contributed by atoms with Gasteiger partial charge in [0, 0.05) is 5.92 Å². The van der Waals surface area contributed by atoms with Gasteiger partial charge >= 0.3 is 0 Å². The van der Waals surface area contributed by atoms with Crippen molar-refractivity contribution < 1.29 is 9.21 Å². The number of hydrogen-bond donors (Lipinski definition) is 0. The van der Waals surface area contributed by atoms with Gasteiger partial charge in [0.1, 0.15) is 5.76 Å². The molecule has 0 saturated carbocycles. The Kier molecular flexibility index (Phi) is 3.54. The number of carbonyl (C=O) groups excluding carboxylic acids is 1. The van der Waals surface area contributed by atoms with Crippen LogP contribution >= 0.6 is 11.8 Å². The number of nitrogens with zero attached hydrogens (tertiary/aromatic N) is 1. The number of thioether (sulfide) groups is 1. The molecular weight excluding hydrogens is 186 g/mol. The Morgan fingerprint density at radius 1 is 1.69 bits per heavy atom. The molecule has 0 bridgehead atoms. The van der Waals surface area contributed by atoms with E-state index in [2.05, 4.69) is 4.98 Å². The molecule has 0 amide bonds. The normalized spacial score (nSPS) is 10.8. The van der Waals surface area contributed by atoms with Gasteiger partial charge in [-0.15, -0.1) is 0 Å². The monoisotopic (exact) mass is 199 g/mol. The van der Waals surface area contributed by atoms with Gasteiger partial charge in [0.2, 0.25) is 5.78 Å². The molecule has 1 aromatic heterocycles. The van der Waals surface area contributed by atoms with Gasteiger partial charge in [0.05, 0.1) is 11.9 Å². The average Bonchev–Trinajstić information content (AvgIpc) is 2.52. The molecule has 0 fully saturated rings. The van der Waals surface area contributed by atoms with Gasteiger partial charge in [-0.05, 0) is 6.26 Å². The van der Waals surface area contributed by atoms with Crippen LogP contribution in [-0.2, 0) is 5.75 Å². The minimum Gasteiger partial charge on any atom is -0.438 e. The Labute approximate surface area is 81.9 Å². The van der Waals surface area contributed by atoms with Gasteiger partial charge in [-0.25, -0.2) is 4.98 Å².